The van der Waals surface area contributed by atoms with Gasteiger partial charge >= 0.3 is 0 Å². The maximum atomic E-state index is 13.7. The van der Waals surface area contributed by atoms with Crippen LogP contribution in [0.15, 0.2) is 29.2 Å². The lowest BCUT2D eigenvalue weighted by molar-refractivity contribution is 0.120. The number of piperazine rings is 1. The first-order valence-corrected chi connectivity index (χ1v) is 7.96. The molecular formula is C13H19FN2O3S. The van der Waals surface area contributed by atoms with Crippen LogP contribution in [-0.2, 0) is 10.0 Å². The average molecular weight is 302 g/mol. The smallest absolute Gasteiger partial charge is 0.246 e. The van der Waals surface area contributed by atoms with E-state index < -0.39 is 15.8 Å². The highest BCUT2D eigenvalue weighted by atomic mass is 32.2. The number of hydrogen-bond donors (Lipinski definition) is 1. The zero-order chi connectivity index (χ0) is 14.8. The lowest BCUT2D eigenvalue weighted by Gasteiger charge is -2.38. The number of likely N-dealkylation sites (N-methyl/N-ethyl adjacent to an activating group) is 1. The molecule has 5 nitrogen and oxygen atoms in total. The molecule has 112 valence electrons. The molecule has 2 rings (SSSR count). The van der Waals surface area contributed by atoms with E-state index in [0.29, 0.717) is 19.5 Å². The molecule has 1 heterocycles. The van der Waals surface area contributed by atoms with Crippen LogP contribution in [0.25, 0.3) is 0 Å². The van der Waals surface area contributed by atoms with E-state index >= 15 is 0 Å². The van der Waals surface area contributed by atoms with Crippen LogP contribution in [0.2, 0.25) is 0 Å². The van der Waals surface area contributed by atoms with Crippen LogP contribution < -0.4 is 0 Å². The zero-order valence-electron chi connectivity index (χ0n) is 11.4. The quantitative estimate of drug-likeness (QED) is 0.880. The molecule has 1 aliphatic heterocycles. The van der Waals surface area contributed by atoms with E-state index in [1.54, 1.807) is 0 Å². The predicted molar refractivity (Wildman–Crippen MR) is 73.3 cm³/mol. The van der Waals surface area contributed by atoms with Gasteiger partial charge in [-0.3, -0.25) is 0 Å². The monoisotopic (exact) mass is 302 g/mol. The van der Waals surface area contributed by atoms with Gasteiger partial charge in [-0.25, -0.2) is 12.8 Å². The molecule has 0 bridgehead atoms. The summed E-state index contributed by atoms with van der Waals surface area (Å²) in [5.41, 5.74) is 0. The van der Waals surface area contributed by atoms with Crippen molar-refractivity contribution in [3.63, 3.8) is 0 Å². The van der Waals surface area contributed by atoms with Gasteiger partial charge in [0.15, 0.2) is 0 Å². The van der Waals surface area contributed by atoms with Gasteiger partial charge in [-0.15, -0.1) is 0 Å². The van der Waals surface area contributed by atoms with Crippen LogP contribution >= 0.6 is 0 Å². The molecule has 0 aliphatic carbocycles. The van der Waals surface area contributed by atoms with Gasteiger partial charge in [-0.1, -0.05) is 12.1 Å². The number of halogens is 1. The lowest BCUT2D eigenvalue weighted by atomic mass is 10.1. The highest BCUT2D eigenvalue weighted by Gasteiger charge is 2.33. The van der Waals surface area contributed by atoms with Gasteiger partial charge in [0.05, 0.1) is 0 Å². The number of rotatable bonds is 4. The molecule has 1 aromatic carbocycles. The second kappa shape index (κ2) is 6.17. The predicted octanol–water partition coefficient (Wildman–Crippen LogP) is 0.513. The standard InChI is InChI=1S/C13H19FN2O3S/c1-15-7-8-16(10-11(15)6-9-17)20(18,19)13-5-3-2-4-12(13)14/h2-5,11,17H,6-10H2,1H3. The Kier molecular flexibility index (Phi) is 4.74. The summed E-state index contributed by atoms with van der Waals surface area (Å²) in [6, 6.07) is 5.36. The summed E-state index contributed by atoms with van der Waals surface area (Å²) >= 11 is 0. The lowest BCUT2D eigenvalue weighted by Crippen LogP contribution is -2.53. The molecule has 0 spiro atoms. The van der Waals surface area contributed by atoms with E-state index in [2.05, 4.69) is 0 Å². The van der Waals surface area contributed by atoms with Crippen LogP contribution in [0, 0.1) is 5.82 Å². The largest absolute Gasteiger partial charge is 0.396 e. The van der Waals surface area contributed by atoms with E-state index in [1.165, 1.54) is 22.5 Å². The summed E-state index contributed by atoms with van der Waals surface area (Å²) in [4.78, 5) is 1.73. The normalized spacial score (nSPS) is 22.1. The fraction of sp³-hybridized carbons (Fsp3) is 0.538. The minimum absolute atomic E-state index is 0.00257. The topological polar surface area (TPSA) is 60.9 Å². The Labute approximate surface area is 118 Å². The first-order valence-electron chi connectivity index (χ1n) is 6.52. The number of aliphatic hydroxyl groups excluding tert-OH is 1. The van der Waals surface area contributed by atoms with E-state index in [1.807, 2.05) is 11.9 Å². The number of sulfonamides is 1. The molecule has 1 fully saturated rings. The van der Waals surface area contributed by atoms with Crippen LogP contribution in [0.3, 0.4) is 0 Å². The van der Waals surface area contributed by atoms with Gasteiger partial charge in [-0.2, -0.15) is 4.31 Å². The molecular weight excluding hydrogens is 283 g/mol. The third kappa shape index (κ3) is 3.01. The van der Waals surface area contributed by atoms with Gasteiger partial charge in [-0.05, 0) is 25.6 Å². The molecule has 1 N–H and O–H groups in total. The minimum Gasteiger partial charge on any atom is -0.396 e. The summed E-state index contributed by atoms with van der Waals surface area (Å²) in [7, 11) is -1.92. The van der Waals surface area contributed by atoms with Crippen molar-refractivity contribution in [1.29, 1.82) is 0 Å². The van der Waals surface area contributed by atoms with Crippen molar-refractivity contribution in [2.75, 3.05) is 33.3 Å². The summed E-state index contributed by atoms with van der Waals surface area (Å²) in [6.45, 7) is 1.17. The fourth-order valence-electron chi connectivity index (χ4n) is 2.39. The Morgan fingerprint density at radius 3 is 2.70 bits per heavy atom. The Morgan fingerprint density at radius 2 is 2.05 bits per heavy atom. The van der Waals surface area contributed by atoms with Gasteiger partial charge in [0.1, 0.15) is 10.7 Å². The summed E-state index contributed by atoms with van der Waals surface area (Å²) in [6.07, 6.45) is 0.500. The number of nitrogens with zero attached hydrogens (tertiary/aromatic N) is 2. The van der Waals surface area contributed by atoms with Gasteiger partial charge in [0.2, 0.25) is 10.0 Å². The maximum Gasteiger partial charge on any atom is 0.246 e. The van der Waals surface area contributed by atoms with Crippen molar-refractivity contribution in [2.45, 2.75) is 17.4 Å². The van der Waals surface area contributed by atoms with Crippen LogP contribution in [0.4, 0.5) is 4.39 Å². The van der Waals surface area contributed by atoms with Crippen molar-refractivity contribution >= 4 is 10.0 Å². The third-order valence-electron chi connectivity index (χ3n) is 3.66. The SMILES string of the molecule is CN1CCN(S(=O)(=O)c2ccccc2F)CC1CCO. The molecule has 20 heavy (non-hydrogen) atoms. The second-order valence-corrected chi connectivity index (χ2v) is 6.85. The Morgan fingerprint density at radius 1 is 1.35 bits per heavy atom. The third-order valence-corrected chi connectivity index (χ3v) is 5.56. The molecule has 1 atom stereocenters. The summed E-state index contributed by atoms with van der Waals surface area (Å²) in [5.74, 6) is -0.731. The van der Waals surface area contributed by atoms with Crippen molar-refractivity contribution < 1.29 is 17.9 Å². The van der Waals surface area contributed by atoms with E-state index in [4.69, 9.17) is 5.11 Å². The molecule has 1 aromatic rings. The number of hydrogen-bond acceptors (Lipinski definition) is 4. The van der Waals surface area contributed by atoms with Crippen LogP contribution in [-0.4, -0.2) is 62.1 Å². The molecule has 1 saturated heterocycles. The first kappa shape index (κ1) is 15.4. The number of aliphatic hydroxyl groups is 1. The molecule has 1 unspecified atom stereocenters. The maximum absolute atomic E-state index is 13.7. The van der Waals surface area contributed by atoms with E-state index in [0.717, 1.165) is 6.07 Å². The van der Waals surface area contributed by atoms with Gasteiger partial charge in [0.25, 0.3) is 0 Å². The van der Waals surface area contributed by atoms with E-state index in [-0.39, 0.29) is 24.1 Å². The zero-order valence-corrected chi connectivity index (χ0v) is 12.2. The molecule has 0 aromatic heterocycles. The highest BCUT2D eigenvalue weighted by molar-refractivity contribution is 7.89. The van der Waals surface area contributed by atoms with Crippen LogP contribution in [0.5, 0.6) is 0 Å². The first-order chi connectivity index (χ1) is 9.46. The fourth-order valence-corrected chi connectivity index (χ4v) is 3.92. The minimum atomic E-state index is -3.82. The summed E-state index contributed by atoms with van der Waals surface area (Å²) < 4.78 is 39.9. The van der Waals surface area contributed by atoms with Gasteiger partial charge in [0, 0.05) is 32.3 Å². The van der Waals surface area contributed by atoms with Crippen LogP contribution in [0.1, 0.15) is 6.42 Å². The van der Waals surface area contributed by atoms with Crippen molar-refractivity contribution in [3.8, 4) is 0 Å². The number of benzene rings is 1. The van der Waals surface area contributed by atoms with E-state index in [9.17, 15) is 12.8 Å². The molecule has 0 amide bonds. The molecule has 0 saturated carbocycles. The van der Waals surface area contributed by atoms with Gasteiger partial charge < -0.3 is 10.0 Å². The Bertz CT molecular complexity index is 564. The molecule has 7 heteroatoms. The Balaban J connectivity index is 2.24. The van der Waals surface area contributed by atoms with Crippen molar-refractivity contribution in [2.24, 2.45) is 0 Å². The molecule has 1 aliphatic rings. The van der Waals surface area contributed by atoms with Crippen molar-refractivity contribution in [3.05, 3.63) is 30.1 Å². The Hall–Kier alpha value is -1.02. The average Bonchev–Trinajstić information content (AvgIpc) is 2.41. The van der Waals surface area contributed by atoms with Crippen molar-refractivity contribution in [1.82, 2.24) is 9.21 Å². The molecule has 0 radical (unpaired) electrons. The highest BCUT2D eigenvalue weighted by Crippen LogP contribution is 2.22. The summed E-state index contributed by atoms with van der Waals surface area (Å²) in [5, 5.41) is 9.03. The second-order valence-electron chi connectivity index (χ2n) is 4.94.